The first kappa shape index (κ1) is 11.0. The number of rotatable bonds is 2. The van der Waals surface area contributed by atoms with E-state index >= 15 is 0 Å². The summed E-state index contributed by atoms with van der Waals surface area (Å²) in [4.78, 5) is 0.166. The molecule has 1 aromatic carbocycles. The number of benzene rings is 1. The summed E-state index contributed by atoms with van der Waals surface area (Å²) < 4.78 is 22.3. The zero-order valence-electron chi connectivity index (χ0n) is 7.81. The molecular formula is C10H9ClO2S2. The van der Waals surface area contributed by atoms with Crippen LogP contribution in [0.1, 0.15) is 5.56 Å². The van der Waals surface area contributed by atoms with Gasteiger partial charge in [0.2, 0.25) is 0 Å². The SMILES string of the molecule is O=S(=O)(Cl)c1cccc(C2=CCSC2)c1. The lowest BCUT2D eigenvalue weighted by Crippen LogP contribution is -1.92. The summed E-state index contributed by atoms with van der Waals surface area (Å²) in [5.74, 6) is 1.93. The molecule has 2 rings (SSSR count). The lowest BCUT2D eigenvalue weighted by atomic mass is 10.1. The molecule has 0 unspecified atom stereocenters. The van der Waals surface area contributed by atoms with E-state index in [9.17, 15) is 8.42 Å². The van der Waals surface area contributed by atoms with Crippen LogP contribution in [0.15, 0.2) is 35.2 Å². The maximum atomic E-state index is 11.1. The highest BCUT2D eigenvalue weighted by Gasteiger charge is 2.13. The quantitative estimate of drug-likeness (QED) is 0.767. The molecule has 0 bridgehead atoms. The largest absolute Gasteiger partial charge is 0.261 e. The van der Waals surface area contributed by atoms with E-state index in [1.807, 2.05) is 17.8 Å². The molecule has 1 aliphatic heterocycles. The summed E-state index contributed by atoms with van der Waals surface area (Å²) >= 11 is 1.82. The van der Waals surface area contributed by atoms with Crippen molar-refractivity contribution in [2.75, 3.05) is 11.5 Å². The molecular weight excluding hydrogens is 252 g/mol. The molecule has 0 fully saturated rings. The van der Waals surface area contributed by atoms with Crippen molar-refractivity contribution < 1.29 is 8.42 Å². The van der Waals surface area contributed by atoms with Crippen LogP contribution in [0.4, 0.5) is 0 Å². The fraction of sp³-hybridized carbons (Fsp3) is 0.200. The molecule has 5 heteroatoms. The van der Waals surface area contributed by atoms with Gasteiger partial charge in [0.15, 0.2) is 0 Å². The average molecular weight is 261 g/mol. The van der Waals surface area contributed by atoms with Crippen LogP contribution >= 0.6 is 22.4 Å². The first-order valence-corrected chi connectivity index (χ1v) is 7.85. The first-order chi connectivity index (χ1) is 7.07. The van der Waals surface area contributed by atoms with Gasteiger partial charge in [0.1, 0.15) is 0 Å². The Balaban J connectivity index is 2.43. The minimum atomic E-state index is -3.62. The zero-order chi connectivity index (χ0) is 10.9. The van der Waals surface area contributed by atoms with Crippen LogP contribution in [0.5, 0.6) is 0 Å². The first-order valence-electron chi connectivity index (χ1n) is 4.39. The van der Waals surface area contributed by atoms with Crippen LogP contribution in [0, 0.1) is 0 Å². The van der Waals surface area contributed by atoms with E-state index in [4.69, 9.17) is 10.7 Å². The Kier molecular flexibility index (Phi) is 3.09. The van der Waals surface area contributed by atoms with Gasteiger partial charge in [-0.3, -0.25) is 0 Å². The molecule has 0 amide bonds. The summed E-state index contributed by atoms with van der Waals surface area (Å²) in [6.07, 6.45) is 2.12. The van der Waals surface area contributed by atoms with Gasteiger partial charge in [-0.15, -0.1) is 0 Å². The summed E-state index contributed by atoms with van der Waals surface area (Å²) in [5, 5.41) is 0. The Hall–Kier alpha value is -0.450. The van der Waals surface area contributed by atoms with Gasteiger partial charge in [0.25, 0.3) is 9.05 Å². The zero-order valence-corrected chi connectivity index (χ0v) is 10.2. The molecule has 0 aliphatic carbocycles. The molecule has 15 heavy (non-hydrogen) atoms. The molecule has 0 saturated carbocycles. The molecule has 0 N–H and O–H groups in total. The number of halogens is 1. The van der Waals surface area contributed by atoms with E-state index in [0.29, 0.717) is 0 Å². The molecule has 1 aliphatic rings. The van der Waals surface area contributed by atoms with Crippen LogP contribution in [-0.2, 0) is 9.05 Å². The average Bonchev–Trinajstić information content (AvgIpc) is 2.69. The van der Waals surface area contributed by atoms with Gasteiger partial charge >= 0.3 is 0 Å². The standard InChI is InChI=1S/C10H9ClO2S2/c11-15(12,13)10-3-1-2-8(6-10)9-4-5-14-7-9/h1-4,6H,5,7H2. The van der Waals surface area contributed by atoms with E-state index < -0.39 is 9.05 Å². The topological polar surface area (TPSA) is 34.1 Å². The Bertz CT molecular complexity index is 506. The molecule has 80 valence electrons. The molecule has 0 spiro atoms. The van der Waals surface area contributed by atoms with Crippen LogP contribution in [0.25, 0.3) is 5.57 Å². The highest BCUT2D eigenvalue weighted by atomic mass is 35.7. The van der Waals surface area contributed by atoms with Crippen molar-refractivity contribution in [3.05, 3.63) is 35.9 Å². The van der Waals surface area contributed by atoms with E-state index in [0.717, 1.165) is 17.1 Å². The summed E-state index contributed by atoms with van der Waals surface area (Å²) in [5.41, 5.74) is 2.13. The molecule has 0 aromatic heterocycles. The molecule has 1 heterocycles. The summed E-state index contributed by atoms with van der Waals surface area (Å²) in [6.45, 7) is 0. The second kappa shape index (κ2) is 4.20. The van der Waals surface area contributed by atoms with Crippen molar-refractivity contribution in [3.63, 3.8) is 0 Å². The minimum Gasteiger partial charge on any atom is -0.207 e. The van der Waals surface area contributed by atoms with Gasteiger partial charge in [-0.05, 0) is 23.3 Å². The normalized spacial score (nSPS) is 16.5. The molecule has 0 saturated heterocycles. The lowest BCUT2D eigenvalue weighted by molar-refractivity contribution is 0.609. The van der Waals surface area contributed by atoms with Crippen molar-refractivity contribution in [3.8, 4) is 0 Å². The Morgan fingerprint density at radius 1 is 1.33 bits per heavy atom. The number of thioether (sulfide) groups is 1. The third-order valence-electron chi connectivity index (χ3n) is 2.19. The van der Waals surface area contributed by atoms with E-state index in [2.05, 4.69) is 6.08 Å². The second-order valence-electron chi connectivity index (χ2n) is 3.21. The highest BCUT2D eigenvalue weighted by Crippen LogP contribution is 2.28. The van der Waals surface area contributed by atoms with Gasteiger partial charge in [-0.25, -0.2) is 8.42 Å². The Morgan fingerprint density at radius 3 is 2.73 bits per heavy atom. The van der Waals surface area contributed by atoms with E-state index in [1.54, 1.807) is 12.1 Å². The molecule has 1 aromatic rings. The van der Waals surface area contributed by atoms with Crippen molar-refractivity contribution >= 4 is 37.1 Å². The van der Waals surface area contributed by atoms with Crippen LogP contribution < -0.4 is 0 Å². The lowest BCUT2D eigenvalue weighted by Gasteiger charge is -2.03. The van der Waals surface area contributed by atoms with E-state index in [-0.39, 0.29) is 4.90 Å². The van der Waals surface area contributed by atoms with Crippen LogP contribution in [-0.4, -0.2) is 19.9 Å². The predicted molar refractivity (Wildman–Crippen MR) is 64.8 cm³/mol. The summed E-state index contributed by atoms with van der Waals surface area (Å²) in [7, 11) is 1.67. The van der Waals surface area contributed by atoms with Gasteiger partial charge in [-0.2, -0.15) is 11.8 Å². The second-order valence-corrected chi connectivity index (χ2v) is 6.81. The third-order valence-corrected chi connectivity index (χ3v) is 4.46. The smallest absolute Gasteiger partial charge is 0.207 e. The fourth-order valence-corrected chi connectivity index (χ4v) is 3.17. The molecule has 0 atom stereocenters. The fourth-order valence-electron chi connectivity index (χ4n) is 1.44. The Labute approximate surface area is 97.8 Å². The maximum Gasteiger partial charge on any atom is 0.261 e. The third kappa shape index (κ3) is 2.56. The Morgan fingerprint density at radius 2 is 2.13 bits per heavy atom. The van der Waals surface area contributed by atoms with Crippen LogP contribution in [0.2, 0.25) is 0 Å². The van der Waals surface area contributed by atoms with Crippen molar-refractivity contribution in [2.45, 2.75) is 4.90 Å². The van der Waals surface area contributed by atoms with Gasteiger partial charge in [-0.1, -0.05) is 18.2 Å². The number of hydrogen-bond donors (Lipinski definition) is 0. The number of hydrogen-bond acceptors (Lipinski definition) is 3. The van der Waals surface area contributed by atoms with Gasteiger partial charge < -0.3 is 0 Å². The van der Waals surface area contributed by atoms with E-state index in [1.165, 1.54) is 11.6 Å². The molecule has 2 nitrogen and oxygen atoms in total. The van der Waals surface area contributed by atoms with Crippen molar-refractivity contribution in [2.24, 2.45) is 0 Å². The minimum absolute atomic E-state index is 0.166. The van der Waals surface area contributed by atoms with Crippen molar-refractivity contribution in [1.29, 1.82) is 0 Å². The van der Waals surface area contributed by atoms with Crippen molar-refractivity contribution in [1.82, 2.24) is 0 Å². The monoisotopic (exact) mass is 260 g/mol. The molecule has 0 radical (unpaired) electrons. The summed E-state index contributed by atoms with van der Waals surface area (Å²) in [6, 6.07) is 6.76. The predicted octanol–water partition coefficient (Wildman–Crippen LogP) is 2.74. The van der Waals surface area contributed by atoms with Gasteiger partial charge in [0, 0.05) is 22.2 Å². The van der Waals surface area contributed by atoms with Gasteiger partial charge in [0.05, 0.1) is 4.90 Å². The highest BCUT2D eigenvalue weighted by molar-refractivity contribution is 8.13. The van der Waals surface area contributed by atoms with Crippen LogP contribution in [0.3, 0.4) is 0 Å². The maximum absolute atomic E-state index is 11.1.